The fraction of sp³-hybridized carbons (Fsp3) is 0.217. The van der Waals surface area contributed by atoms with Crippen molar-refractivity contribution >= 4 is 28.0 Å². The first-order valence-corrected chi connectivity index (χ1v) is 9.72. The van der Waals surface area contributed by atoms with Crippen LogP contribution in [0, 0.1) is 0 Å². The van der Waals surface area contributed by atoms with Gasteiger partial charge in [0.05, 0.1) is 38.1 Å². The van der Waals surface area contributed by atoms with E-state index in [-0.39, 0.29) is 23.8 Å². The van der Waals surface area contributed by atoms with Crippen molar-refractivity contribution in [3.05, 3.63) is 82.5 Å². The van der Waals surface area contributed by atoms with Gasteiger partial charge >= 0.3 is 5.97 Å². The van der Waals surface area contributed by atoms with Crippen LogP contribution in [0.4, 0.5) is 0 Å². The Hall–Kier alpha value is -3.94. The van der Waals surface area contributed by atoms with Crippen LogP contribution in [0.2, 0.25) is 0 Å². The van der Waals surface area contributed by atoms with Gasteiger partial charge in [0.1, 0.15) is 11.3 Å². The topological polar surface area (TPSA) is 92.0 Å². The number of aromatic nitrogens is 2. The number of ether oxygens (including phenoxy) is 2. The summed E-state index contributed by atoms with van der Waals surface area (Å²) < 4.78 is 11.2. The van der Waals surface area contributed by atoms with Crippen molar-refractivity contribution in [3.8, 4) is 0 Å². The molecule has 1 aliphatic rings. The number of carbonyl (C=O) groups is 1. The Kier molecular flexibility index (Phi) is 5.79. The predicted octanol–water partition coefficient (Wildman–Crippen LogP) is 2.75. The van der Waals surface area contributed by atoms with Gasteiger partial charge in [-0.1, -0.05) is 53.7 Å². The summed E-state index contributed by atoms with van der Waals surface area (Å²) in [6, 6.07) is 16.7. The van der Waals surface area contributed by atoms with E-state index in [1.165, 1.54) is 25.2 Å². The molecule has 0 N–H and O–H groups in total. The number of rotatable bonds is 6. The Balaban J connectivity index is 1.71. The van der Waals surface area contributed by atoms with Crippen LogP contribution >= 0.6 is 0 Å². The molecule has 0 saturated heterocycles. The van der Waals surface area contributed by atoms with Crippen LogP contribution < -0.4 is 5.56 Å². The van der Waals surface area contributed by atoms with Crippen molar-refractivity contribution in [1.29, 1.82) is 0 Å². The molecule has 1 aliphatic heterocycles. The molecule has 0 amide bonds. The molecule has 0 radical (unpaired) electrons. The number of benzene rings is 2. The number of fused-ring (bicyclic) bond motifs is 1. The third-order valence-electron chi connectivity index (χ3n) is 4.98. The molecule has 2 aromatic carbocycles. The summed E-state index contributed by atoms with van der Waals surface area (Å²) in [7, 11) is 2.70. The van der Waals surface area contributed by atoms with Crippen molar-refractivity contribution in [2.24, 2.45) is 5.16 Å². The summed E-state index contributed by atoms with van der Waals surface area (Å²) >= 11 is 0. The molecule has 1 atom stereocenters. The number of hydrogen-bond donors (Lipinski definition) is 0. The second-order valence-corrected chi connectivity index (χ2v) is 6.98. The highest BCUT2D eigenvalue weighted by Crippen LogP contribution is 2.23. The summed E-state index contributed by atoms with van der Waals surface area (Å²) in [6.45, 7) is 0.179. The van der Waals surface area contributed by atoms with Gasteiger partial charge in [0.15, 0.2) is 6.10 Å². The third-order valence-corrected chi connectivity index (χ3v) is 4.98. The zero-order valence-corrected chi connectivity index (χ0v) is 17.1. The van der Waals surface area contributed by atoms with E-state index in [0.717, 1.165) is 11.3 Å². The quantitative estimate of drug-likeness (QED) is 0.347. The molecule has 4 rings (SSSR count). The maximum Gasteiger partial charge on any atom is 0.343 e. The molecule has 8 nitrogen and oxygen atoms in total. The largest absolute Gasteiger partial charge is 0.503 e. The molecule has 8 heteroatoms. The lowest BCUT2D eigenvalue weighted by Crippen LogP contribution is -2.30. The molecule has 158 valence electrons. The smallest absolute Gasteiger partial charge is 0.343 e. The van der Waals surface area contributed by atoms with E-state index in [1.807, 2.05) is 30.3 Å². The number of methoxy groups -OCH3 is 2. The monoisotopic (exact) mass is 419 g/mol. The highest BCUT2D eigenvalue weighted by atomic mass is 16.6. The Morgan fingerprint density at radius 3 is 2.55 bits per heavy atom. The first-order valence-electron chi connectivity index (χ1n) is 9.72. The van der Waals surface area contributed by atoms with Gasteiger partial charge in [-0.2, -0.15) is 5.10 Å². The second kappa shape index (κ2) is 8.83. The molecule has 2 heterocycles. The van der Waals surface area contributed by atoms with E-state index in [1.54, 1.807) is 24.3 Å². The van der Waals surface area contributed by atoms with Crippen molar-refractivity contribution in [3.63, 3.8) is 0 Å². The molecule has 0 saturated carbocycles. The van der Waals surface area contributed by atoms with Crippen LogP contribution in [0.25, 0.3) is 16.3 Å². The minimum absolute atomic E-state index is 0.114. The standard InChI is InChI=1S/C23H21N3O5/c1-29-14-19(23(28)30-2)21-17-10-6-7-11-18(17)22(27)26(24-21)13-16-12-20(25-31-16)15-8-4-3-5-9-15/h3-11,14,16H,12-13H2,1-2H3/b19-14-. The summed E-state index contributed by atoms with van der Waals surface area (Å²) in [5.41, 5.74) is 1.92. The molecular formula is C23H21N3O5. The van der Waals surface area contributed by atoms with Crippen LogP contribution in [0.3, 0.4) is 0 Å². The highest BCUT2D eigenvalue weighted by molar-refractivity contribution is 6.18. The fourth-order valence-corrected chi connectivity index (χ4v) is 3.51. The molecule has 3 aromatic rings. The van der Waals surface area contributed by atoms with Gasteiger partial charge in [-0.15, -0.1) is 0 Å². The molecule has 0 spiro atoms. The zero-order valence-electron chi connectivity index (χ0n) is 17.1. The fourth-order valence-electron chi connectivity index (χ4n) is 3.51. The minimum atomic E-state index is -0.614. The van der Waals surface area contributed by atoms with Gasteiger partial charge in [-0.3, -0.25) is 4.79 Å². The first kappa shape index (κ1) is 20.3. The molecule has 1 unspecified atom stereocenters. The van der Waals surface area contributed by atoms with Crippen molar-refractivity contribution < 1.29 is 19.1 Å². The molecular weight excluding hydrogens is 398 g/mol. The second-order valence-electron chi connectivity index (χ2n) is 6.98. The van der Waals surface area contributed by atoms with Crippen LogP contribution in [-0.2, 0) is 25.7 Å². The summed E-state index contributed by atoms with van der Waals surface area (Å²) in [4.78, 5) is 31.0. The lowest BCUT2D eigenvalue weighted by molar-refractivity contribution is -0.133. The van der Waals surface area contributed by atoms with Gasteiger partial charge in [0.2, 0.25) is 0 Å². The zero-order chi connectivity index (χ0) is 21.8. The van der Waals surface area contributed by atoms with Gasteiger partial charge in [-0.05, 0) is 11.6 Å². The van der Waals surface area contributed by atoms with Gasteiger partial charge in [-0.25, -0.2) is 9.48 Å². The van der Waals surface area contributed by atoms with Crippen LogP contribution in [0.1, 0.15) is 17.7 Å². The lowest BCUT2D eigenvalue weighted by atomic mass is 10.0. The maximum atomic E-state index is 13.1. The average molecular weight is 419 g/mol. The predicted molar refractivity (Wildman–Crippen MR) is 115 cm³/mol. The summed E-state index contributed by atoms with van der Waals surface area (Å²) in [6.07, 6.45) is 1.44. The van der Waals surface area contributed by atoms with Gasteiger partial charge in [0.25, 0.3) is 5.56 Å². The van der Waals surface area contributed by atoms with Crippen LogP contribution in [0.15, 0.2) is 70.8 Å². The Morgan fingerprint density at radius 1 is 1.13 bits per heavy atom. The number of carbonyl (C=O) groups excluding carboxylic acids is 1. The number of esters is 1. The summed E-state index contributed by atoms with van der Waals surface area (Å²) in [5, 5.41) is 9.61. The SMILES string of the molecule is CO/C=C(\C(=O)OC)c1nn(CC2CC(c3ccccc3)=NO2)c(=O)c2ccccc12. The average Bonchev–Trinajstić information content (AvgIpc) is 3.28. The molecule has 1 aromatic heterocycles. The lowest BCUT2D eigenvalue weighted by Gasteiger charge is -2.14. The normalized spacial score (nSPS) is 16.0. The third kappa shape index (κ3) is 4.05. The van der Waals surface area contributed by atoms with E-state index < -0.39 is 5.97 Å². The van der Waals surface area contributed by atoms with E-state index in [4.69, 9.17) is 14.3 Å². The van der Waals surface area contributed by atoms with E-state index >= 15 is 0 Å². The summed E-state index contributed by atoms with van der Waals surface area (Å²) in [5.74, 6) is -0.614. The Bertz CT molecular complexity index is 1230. The Morgan fingerprint density at radius 2 is 1.84 bits per heavy atom. The van der Waals surface area contributed by atoms with Crippen LogP contribution in [0.5, 0.6) is 0 Å². The van der Waals surface area contributed by atoms with Crippen LogP contribution in [-0.4, -0.2) is 41.8 Å². The van der Waals surface area contributed by atoms with Crippen molar-refractivity contribution in [1.82, 2.24) is 9.78 Å². The molecule has 0 aliphatic carbocycles. The molecule has 31 heavy (non-hydrogen) atoms. The van der Waals surface area contributed by atoms with Crippen molar-refractivity contribution in [2.45, 2.75) is 19.1 Å². The van der Waals surface area contributed by atoms with Gasteiger partial charge < -0.3 is 14.3 Å². The van der Waals surface area contributed by atoms with Gasteiger partial charge in [0, 0.05) is 11.8 Å². The number of nitrogens with zero attached hydrogens (tertiary/aromatic N) is 3. The maximum absolute atomic E-state index is 13.1. The van der Waals surface area contributed by atoms with E-state index in [2.05, 4.69) is 10.3 Å². The minimum Gasteiger partial charge on any atom is -0.503 e. The van der Waals surface area contributed by atoms with E-state index in [9.17, 15) is 9.59 Å². The first-order chi connectivity index (χ1) is 15.1. The number of hydrogen-bond acceptors (Lipinski definition) is 7. The number of oxime groups is 1. The highest BCUT2D eigenvalue weighted by Gasteiger charge is 2.26. The van der Waals surface area contributed by atoms with E-state index in [0.29, 0.717) is 22.9 Å². The molecule has 0 bridgehead atoms. The molecule has 0 fully saturated rings. The van der Waals surface area contributed by atoms with Crippen molar-refractivity contribution in [2.75, 3.05) is 14.2 Å². The Labute approximate surface area is 178 Å².